The Morgan fingerprint density at radius 1 is 0.971 bits per heavy atom. The van der Waals surface area contributed by atoms with E-state index in [4.69, 9.17) is 55.9 Å². The average molecular weight is 549 g/mol. The van der Waals surface area contributed by atoms with Crippen LogP contribution in [0.5, 0.6) is 11.5 Å². The van der Waals surface area contributed by atoms with Gasteiger partial charge < -0.3 is 9.47 Å². The number of hydrogen-bond donors (Lipinski definition) is 0. The maximum Gasteiger partial charge on any atom is 0.311 e. The number of nitrogens with zero attached hydrogens (tertiary/aromatic N) is 1. The molecule has 2 aromatic rings. The van der Waals surface area contributed by atoms with Gasteiger partial charge in [0.2, 0.25) is 6.10 Å². The lowest BCUT2D eigenvalue weighted by molar-refractivity contribution is -0.149. The summed E-state index contributed by atoms with van der Waals surface area (Å²) in [5.74, 6) is -0.215. The van der Waals surface area contributed by atoms with Crippen LogP contribution in [0.25, 0.3) is 0 Å². The van der Waals surface area contributed by atoms with Gasteiger partial charge in [-0.1, -0.05) is 103 Å². The third kappa shape index (κ3) is 5.25. The normalized spacial score (nSPS) is 22.3. The van der Waals surface area contributed by atoms with Crippen molar-refractivity contribution in [2.45, 2.75) is 20.0 Å². The third-order valence-corrected chi connectivity index (χ3v) is 8.25. The van der Waals surface area contributed by atoms with Gasteiger partial charge in [-0.2, -0.15) is 5.26 Å². The van der Waals surface area contributed by atoms with Gasteiger partial charge in [-0.3, -0.25) is 4.79 Å². The number of rotatable bonds is 7. The van der Waals surface area contributed by atoms with Gasteiger partial charge in [0.05, 0.1) is 32.0 Å². The fourth-order valence-corrected chi connectivity index (χ4v) is 5.35. The summed E-state index contributed by atoms with van der Waals surface area (Å²) in [6.07, 6.45) is 2.62. The molecule has 3 unspecified atom stereocenters. The summed E-state index contributed by atoms with van der Waals surface area (Å²) in [5.41, 5.74) is 0.175. The number of hydrogen-bond acceptors (Lipinski definition) is 4. The molecule has 0 aliphatic heterocycles. The largest absolute Gasteiger partial charge is 0.457 e. The van der Waals surface area contributed by atoms with Crippen molar-refractivity contribution in [3.05, 3.63) is 92.4 Å². The molecule has 4 rings (SSSR count). The first-order valence-electron chi connectivity index (χ1n) is 10.9. The van der Waals surface area contributed by atoms with Crippen molar-refractivity contribution in [1.29, 1.82) is 5.26 Å². The zero-order chi connectivity index (χ0) is 25.3. The van der Waals surface area contributed by atoms with Gasteiger partial charge >= 0.3 is 5.97 Å². The van der Waals surface area contributed by atoms with Gasteiger partial charge in [0, 0.05) is 5.56 Å². The summed E-state index contributed by atoms with van der Waals surface area (Å²) in [5, 5.41) is 10.9. The number of esters is 1. The van der Waals surface area contributed by atoms with Crippen LogP contribution in [-0.2, 0) is 9.53 Å². The van der Waals surface area contributed by atoms with E-state index in [0.29, 0.717) is 27.1 Å². The second-order valence-corrected chi connectivity index (χ2v) is 10.5. The van der Waals surface area contributed by atoms with E-state index in [1.165, 1.54) is 0 Å². The van der Waals surface area contributed by atoms with E-state index in [9.17, 15) is 10.1 Å². The number of allylic oxidation sites excluding steroid dienone is 6. The second kappa shape index (κ2) is 10.3. The molecule has 0 N–H and O–H groups in total. The van der Waals surface area contributed by atoms with Crippen LogP contribution in [0.15, 0.2) is 86.9 Å². The third-order valence-electron chi connectivity index (χ3n) is 6.32. The number of carbonyl (C=O) groups excluding carboxylic acids is 1. The lowest BCUT2D eigenvalue weighted by Crippen LogP contribution is -2.14. The Morgan fingerprint density at radius 3 is 2.23 bits per heavy atom. The summed E-state index contributed by atoms with van der Waals surface area (Å²) in [6, 6.07) is 18.3. The van der Waals surface area contributed by atoms with Crippen LogP contribution >= 0.6 is 46.4 Å². The Balaban J connectivity index is 1.44. The maximum absolute atomic E-state index is 13.0. The van der Waals surface area contributed by atoms with Crippen LogP contribution in [0, 0.1) is 34.5 Å². The molecule has 1 saturated carbocycles. The van der Waals surface area contributed by atoms with Crippen molar-refractivity contribution in [1.82, 2.24) is 0 Å². The zero-order valence-electron chi connectivity index (χ0n) is 18.8. The van der Waals surface area contributed by atoms with Gasteiger partial charge in [0.1, 0.15) is 17.6 Å². The highest BCUT2D eigenvalue weighted by molar-refractivity contribution is 6.53. The van der Waals surface area contributed by atoms with Crippen molar-refractivity contribution in [3.8, 4) is 17.6 Å². The molecule has 0 spiro atoms. The molecule has 0 heterocycles. The van der Waals surface area contributed by atoms with Crippen molar-refractivity contribution >= 4 is 52.4 Å². The van der Waals surface area contributed by atoms with E-state index in [-0.39, 0.29) is 21.4 Å². The molecule has 2 aliphatic rings. The number of nitriles is 1. The lowest BCUT2D eigenvalue weighted by Gasteiger charge is -2.13. The number of halogens is 4. The zero-order valence-corrected chi connectivity index (χ0v) is 21.9. The van der Waals surface area contributed by atoms with E-state index < -0.39 is 23.9 Å². The monoisotopic (exact) mass is 547 g/mol. The molecule has 4 nitrogen and oxygen atoms in total. The highest BCUT2D eigenvalue weighted by atomic mass is 35.5. The van der Waals surface area contributed by atoms with Gasteiger partial charge in [-0.15, -0.1) is 0 Å². The van der Waals surface area contributed by atoms with Gasteiger partial charge in [0.15, 0.2) is 0 Å². The minimum atomic E-state index is -1.06. The van der Waals surface area contributed by atoms with E-state index in [1.54, 1.807) is 30.3 Å². The molecule has 0 bridgehead atoms. The number of ether oxygens (including phenoxy) is 2. The first-order chi connectivity index (χ1) is 16.6. The first-order valence-corrected chi connectivity index (χ1v) is 12.4. The molecule has 35 heavy (non-hydrogen) atoms. The highest BCUT2D eigenvalue weighted by Gasteiger charge is 2.61. The topological polar surface area (TPSA) is 59.3 Å². The Kier molecular flexibility index (Phi) is 7.54. The first kappa shape index (κ1) is 25.7. The van der Waals surface area contributed by atoms with E-state index in [0.717, 1.165) is 0 Å². The van der Waals surface area contributed by atoms with Crippen molar-refractivity contribution in [2.75, 3.05) is 0 Å². The summed E-state index contributed by atoms with van der Waals surface area (Å²) < 4.78 is 11.5. The van der Waals surface area contributed by atoms with Crippen LogP contribution in [0.2, 0.25) is 0 Å². The lowest BCUT2D eigenvalue weighted by atomic mass is 10.1. The van der Waals surface area contributed by atoms with E-state index >= 15 is 0 Å². The minimum absolute atomic E-state index is 0.117. The number of benzene rings is 2. The summed E-state index contributed by atoms with van der Waals surface area (Å²) >= 11 is 24.7. The van der Waals surface area contributed by atoms with Gasteiger partial charge in [-0.05, 0) is 35.6 Å². The SMILES string of the molecule is CC1(C)C(/C=C/C2C(Cl)=C(Cl)C(Cl)=C2Cl)C1C(=O)OC(C#N)c1cccc(Oc2ccccc2)c1. The van der Waals surface area contributed by atoms with Crippen LogP contribution in [0.3, 0.4) is 0 Å². The fourth-order valence-electron chi connectivity index (χ4n) is 4.20. The molecule has 2 aliphatic carbocycles. The standard InChI is InChI=1S/C27H21Cl4NO3/c1-27(2)19(12-11-18-22(28)24(30)25(31)23(18)29)21(27)26(33)35-20(14-32)15-7-6-10-17(13-15)34-16-8-4-3-5-9-16/h3-13,18-21H,1-2H3/b12-11+. The molecule has 0 amide bonds. The molecule has 3 atom stereocenters. The van der Waals surface area contributed by atoms with Crippen LogP contribution < -0.4 is 4.74 Å². The maximum atomic E-state index is 13.0. The predicted molar refractivity (Wildman–Crippen MR) is 138 cm³/mol. The summed E-state index contributed by atoms with van der Waals surface area (Å²) in [7, 11) is 0. The number of para-hydroxylation sites is 1. The minimum Gasteiger partial charge on any atom is -0.457 e. The predicted octanol–water partition coefficient (Wildman–Crippen LogP) is 8.42. The molecule has 2 aromatic carbocycles. The Labute approximate surface area is 224 Å². The smallest absolute Gasteiger partial charge is 0.311 e. The molecule has 0 saturated heterocycles. The Morgan fingerprint density at radius 2 is 1.60 bits per heavy atom. The number of carbonyl (C=O) groups is 1. The van der Waals surface area contributed by atoms with Gasteiger partial charge in [0.25, 0.3) is 0 Å². The average Bonchev–Trinajstić information content (AvgIpc) is 3.35. The van der Waals surface area contributed by atoms with Crippen LogP contribution in [-0.4, -0.2) is 5.97 Å². The highest BCUT2D eigenvalue weighted by Crippen LogP contribution is 2.60. The Hall–Kier alpha value is -2.42. The molecule has 180 valence electrons. The van der Waals surface area contributed by atoms with Crippen LogP contribution in [0.1, 0.15) is 25.5 Å². The van der Waals surface area contributed by atoms with Crippen molar-refractivity contribution < 1.29 is 14.3 Å². The molecule has 0 aromatic heterocycles. The van der Waals surface area contributed by atoms with E-state index in [1.807, 2.05) is 50.3 Å². The Bertz CT molecular complexity index is 1250. The summed E-state index contributed by atoms with van der Waals surface area (Å²) in [4.78, 5) is 13.0. The molecule has 1 fully saturated rings. The molecular weight excluding hydrogens is 528 g/mol. The fraction of sp³-hybridized carbons (Fsp3) is 0.259. The molecule has 8 heteroatoms. The molecule has 0 radical (unpaired) electrons. The van der Waals surface area contributed by atoms with Crippen molar-refractivity contribution in [2.24, 2.45) is 23.2 Å². The molecular formula is C27H21Cl4NO3. The quantitative estimate of drug-likeness (QED) is 0.257. The van der Waals surface area contributed by atoms with Gasteiger partial charge in [-0.25, -0.2) is 0 Å². The summed E-state index contributed by atoms with van der Waals surface area (Å²) in [6.45, 7) is 3.93. The van der Waals surface area contributed by atoms with Crippen molar-refractivity contribution in [3.63, 3.8) is 0 Å². The van der Waals surface area contributed by atoms with E-state index in [2.05, 4.69) is 6.07 Å². The van der Waals surface area contributed by atoms with Crippen LogP contribution in [0.4, 0.5) is 0 Å². The second-order valence-electron chi connectivity index (χ2n) is 8.94.